The van der Waals surface area contributed by atoms with Gasteiger partial charge in [0.25, 0.3) is 5.91 Å². The molecule has 0 aliphatic rings. The monoisotopic (exact) mass is 173 g/mol. The molecule has 0 unspecified atom stereocenters. The number of likely N-dealkylation sites (N-methyl/N-ethyl adjacent to an activating group) is 1. The summed E-state index contributed by atoms with van der Waals surface area (Å²) in [5.41, 5.74) is 0. The predicted molar refractivity (Wildman–Crippen MR) is 44.6 cm³/mol. The van der Waals surface area contributed by atoms with Crippen LogP contribution in [-0.4, -0.2) is 37.5 Å². The van der Waals surface area contributed by atoms with Crippen LogP contribution in [-0.2, 0) is 14.3 Å². The lowest BCUT2D eigenvalue weighted by Gasteiger charge is -2.13. The summed E-state index contributed by atoms with van der Waals surface area (Å²) in [6.07, 6.45) is 1.16. The summed E-state index contributed by atoms with van der Waals surface area (Å²) in [6, 6.07) is 0. The lowest BCUT2D eigenvalue weighted by atomic mass is 10.3. The molecule has 0 atom stereocenters. The van der Waals surface area contributed by atoms with Crippen molar-refractivity contribution in [3.8, 4) is 0 Å². The van der Waals surface area contributed by atoms with Crippen molar-refractivity contribution in [3.05, 3.63) is 0 Å². The molecular weight excluding hydrogens is 158 g/mol. The maximum atomic E-state index is 11.1. The lowest BCUT2D eigenvalue weighted by molar-refractivity contribution is -0.145. The van der Waals surface area contributed by atoms with Gasteiger partial charge in [-0.25, -0.2) is 0 Å². The van der Waals surface area contributed by atoms with E-state index < -0.39 is 0 Å². The van der Waals surface area contributed by atoms with Crippen LogP contribution < -0.4 is 0 Å². The fourth-order valence-corrected chi connectivity index (χ4v) is 0.741. The number of methoxy groups -OCH3 is 1. The number of nitrogens with zero attached hydrogens (tertiary/aromatic N) is 1. The molecule has 0 fully saturated rings. The molecule has 0 aromatic carbocycles. The molecular formula is C8H15NO3. The molecule has 12 heavy (non-hydrogen) atoms. The zero-order valence-electron chi connectivity index (χ0n) is 7.79. The molecule has 0 saturated carbocycles. The van der Waals surface area contributed by atoms with Crippen LogP contribution in [0.3, 0.4) is 0 Å². The summed E-state index contributed by atoms with van der Waals surface area (Å²) in [4.78, 5) is 23.3. The van der Waals surface area contributed by atoms with E-state index in [1.54, 1.807) is 0 Å². The number of hydrogen-bond acceptors (Lipinski definition) is 3. The highest BCUT2D eigenvalue weighted by molar-refractivity contribution is 5.95. The molecule has 0 aromatic rings. The maximum Gasteiger partial charge on any atom is 0.254 e. The second-order valence-electron chi connectivity index (χ2n) is 2.53. The smallest absolute Gasteiger partial charge is 0.254 e. The first kappa shape index (κ1) is 11.1. The third-order valence-electron chi connectivity index (χ3n) is 1.48. The third kappa shape index (κ3) is 3.48. The first-order chi connectivity index (χ1) is 5.63. The SMILES string of the molecule is CCCC(=O)N(C)C(=O)COC. The van der Waals surface area contributed by atoms with Crippen LogP contribution in [0.15, 0.2) is 0 Å². The van der Waals surface area contributed by atoms with Gasteiger partial charge in [0.1, 0.15) is 6.61 Å². The Morgan fingerprint density at radius 1 is 1.33 bits per heavy atom. The van der Waals surface area contributed by atoms with Gasteiger partial charge in [-0.1, -0.05) is 6.92 Å². The number of hydrogen-bond donors (Lipinski definition) is 0. The Morgan fingerprint density at radius 2 is 1.92 bits per heavy atom. The van der Waals surface area contributed by atoms with Gasteiger partial charge in [0, 0.05) is 20.6 Å². The molecule has 2 amide bonds. The number of carbonyl (C=O) groups excluding carboxylic acids is 2. The Balaban J connectivity index is 3.91. The van der Waals surface area contributed by atoms with E-state index in [4.69, 9.17) is 0 Å². The Hall–Kier alpha value is -0.900. The predicted octanol–water partition coefficient (Wildman–Crippen LogP) is 0.418. The average Bonchev–Trinajstić information content (AvgIpc) is 2.04. The Kier molecular flexibility index (Phi) is 5.28. The van der Waals surface area contributed by atoms with Gasteiger partial charge in [0.15, 0.2) is 0 Å². The standard InChI is InChI=1S/C8H15NO3/c1-4-5-7(10)9(2)8(11)6-12-3/h4-6H2,1-3H3. The van der Waals surface area contributed by atoms with Gasteiger partial charge in [-0.3, -0.25) is 14.5 Å². The molecule has 0 saturated heterocycles. The number of amides is 2. The van der Waals surface area contributed by atoms with E-state index in [9.17, 15) is 9.59 Å². The van der Waals surface area contributed by atoms with Crippen molar-refractivity contribution in [1.29, 1.82) is 0 Å². The van der Waals surface area contributed by atoms with Gasteiger partial charge < -0.3 is 4.74 Å². The van der Waals surface area contributed by atoms with Crippen molar-refractivity contribution >= 4 is 11.8 Å². The van der Waals surface area contributed by atoms with E-state index in [2.05, 4.69) is 4.74 Å². The highest BCUT2D eigenvalue weighted by Gasteiger charge is 2.14. The van der Waals surface area contributed by atoms with Crippen LogP contribution in [0.1, 0.15) is 19.8 Å². The molecule has 0 N–H and O–H groups in total. The fourth-order valence-electron chi connectivity index (χ4n) is 0.741. The highest BCUT2D eigenvalue weighted by Crippen LogP contribution is 1.95. The van der Waals surface area contributed by atoms with E-state index in [-0.39, 0.29) is 18.4 Å². The van der Waals surface area contributed by atoms with Gasteiger partial charge in [-0.2, -0.15) is 0 Å². The fraction of sp³-hybridized carbons (Fsp3) is 0.750. The van der Waals surface area contributed by atoms with Crippen LogP contribution in [0.2, 0.25) is 0 Å². The highest BCUT2D eigenvalue weighted by atomic mass is 16.5. The van der Waals surface area contributed by atoms with Gasteiger partial charge in [-0.15, -0.1) is 0 Å². The molecule has 0 aromatic heterocycles. The van der Waals surface area contributed by atoms with Crippen molar-refractivity contribution in [2.75, 3.05) is 20.8 Å². The molecule has 0 bridgehead atoms. The van der Waals surface area contributed by atoms with Gasteiger partial charge in [0.05, 0.1) is 0 Å². The van der Waals surface area contributed by atoms with Gasteiger partial charge >= 0.3 is 0 Å². The zero-order chi connectivity index (χ0) is 9.56. The topological polar surface area (TPSA) is 46.6 Å². The Bertz CT molecular complexity index is 150. The van der Waals surface area contributed by atoms with E-state index in [0.717, 1.165) is 11.3 Å². The summed E-state index contributed by atoms with van der Waals surface area (Å²) in [5.74, 6) is -0.449. The van der Waals surface area contributed by atoms with Crippen LogP contribution in [0.5, 0.6) is 0 Å². The van der Waals surface area contributed by atoms with E-state index in [0.29, 0.717) is 6.42 Å². The quantitative estimate of drug-likeness (QED) is 0.619. The Labute approximate surface area is 72.5 Å². The van der Waals surface area contributed by atoms with E-state index in [1.807, 2.05) is 6.92 Å². The summed E-state index contributed by atoms with van der Waals surface area (Å²) in [6.45, 7) is 1.86. The minimum Gasteiger partial charge on any atom is -0.375 e. The van der Waals surface area contributed by atoms with Crippen LogP contribution in [0, 0.1) is 0 Å². The summed E-state index contributed by atoms with van der Waals surface area (Å²) in [5, 5.41) is 0. The van der Waals surface area contributed by atoms with Gasteiger partial charge in [0.2, 0.25) is 5.91 Å². The zero-order valence-corrected chi connectivity index (χ0v) is 7.79. The van der Waals surface area contributed by atoms with Crippen LogP contribution >= 0.6 is 0 Å². The second-order valence-corrected chi connectivity index (χ2v) is 2.53. The average molecular weight is 173 g/mol. The molecule has 0 radical (unpaired) electrons. The minimum atomic E-state index is -0.295. The van der Waals surface area contributed by atoms with Crippen molar-refractivity contribution in [2.24, 2.45) is 0 Å². The molecule has 70 valence electrons. The van der Waals surface area contributed by atoms with Crippen molar-refractivity contribution in [1.82, 2.24) is 4.90 Å². The van der Waals surface area contributed by atoms with Crippen LogP contribution in [0.25, 0.3) is 0 Å². The van der Waals surface area contributed by atoms with Gasteiger partial charge in [-0.05, 0) is 6.42 Å². The summed E-state index contributed by atoms with van der Waals surface area (Å²) < 4.78 is 4.61. The van der Waals surface area contributed by atoms with E-state index in [1.165, 1.54) is 14.2 Å². The molecule has 0 heterocycles. The summed E-state index contributed by atoms with van der Waals surface area (Å²) in [7, 11) is 2.90. The number of carbonyl (C=O) groups is 2. The molecule has 4 heteroatoms. The second kappa shape index (κ2) is 5.71. The van der Waals surface area contributed by atoms with Crippen molar-refractivity contribution in [3.63, 3.8) is 0 Å². The number of imide groups is 1. The molecule has 0 spiro atoms. The summed E-state index contributed by atoms with van der Waals surface area (Å²) >= 11 is 0. The first-order valence-corrected chi connectivity index (χ1v) is 3.91. The largest absolute Gasteiger partial charge is 0.375 e. The van der Waals surface area contributed by atoms with Crippen molar-refractivity contribution in [2.45, 2.75) is 19.8 Å². The molecule has 0 aliphatic heterocycles. The van der Waals surface area contributed by atoms with Crippen molar-refractivity contribution < 1.29 is 14.3 Å². The molecule has 4 nitrogen and oxygen atoms in total. The first-order valence-electron chi connectivity index (χ1n) is 3.91. The van der Waals surface area contributed by atoms with Crippen LogP contribution in [0.4, 0.5) is 0 Å². The normalized spacial score (nSPS) is 9.58. The number of rotatable bonds is 4. The molecule has 0 aliphatic carbocycles. The Morgan fingerprint density at radius 3 is 2.33 bits per heavy atom. The lowest BCUT2D eigenvalue weighted by Crippen LogP contribution is -2.35. The van der Waals surface area contributed by atoms with E-state index >= 15 is 0 Å². The maximum absolute atomic E-state index is 11.1. The molecule has 0 rings (SSSR count). The minimum absolute atomic E-state index is 0.0358. The number of ether oxygens (including phenoxy) is 1. The third-order valence-corrected chi connectivity index (χ3v) is 1.48.